The van der Waals surface area contributed by atoms with Crippen molar-refractivity contribution in [1.82, 2.24) is 19.2 Å². The minimum Gasteiger partial charge on any atom is -0.394 e. The van der Waals surface area contributed by atoms with Crippen molar-refractivity contribution in [2.75, 3.05) is 17.3 Å². The lowest BCUT2D eigenvalue weighted by Gasteiger charge is -2.26. The van der Waals surface area contributed by atoms with E-state index in [-0.39, 0.29) is 22.5 Å². The summed E-state index contributed by atoms with van der Waals surface area (Å²) >= 11 is 0. The van der Waals surface area contributed by atoms with E-state index in [1.54, 1.807) is 19.9 Å². The van der Waals surface area contributed by atoms with Crippen molar-refractivity contribution in [3.05, 3.63) is 63.3 Å². The van der Waals surface area contributed by atoms with Crippen LogP contribution in [0.2, 0.25) is 0 Å². The monoisotopic (exact) mass is 514 g/mol. The van der Waals surface area contributed by atoms with E-state index in [0.29, 0.717) is 15.8 Å². The van der Waals surface area contributed by atoms with Gasteiger partial charge in [-0.15, -0.1) is 0 Å². The van der Waals surface area contributed by atoms with E-state index >= 15 is 0 Å². The number of aliphatic hydroxyl groups excluding tert-OH is 4. The smallest absolute Gasteiger partial charge is 0.371 e. The maximum absolute atomic E-state index is 13.2. The number of benzene rings is 1. The van der Waals surface area contributed by atoms with Crippen LogP contribution in [0.1, 0.15) is 11.1 Å². The van der Waals surface area contributed by atoms with E-state index in [4.69, 9.17) is 5.11 Å². The Balaban J connectivity index is 2.45. The van der Waals surface area contributed by atoms with E-state index in [1.807, 2.05) is 5.43 Å². The zero-order valence-corrected chi connectivity index (χ0v) is 20.0. The van der Waals surface area contributed by atoms with Crippen molar-refractivity contribution in [3.8, 4) is 11.5 Å². The van der Waals surface area contributed by atoms with E-state index in [9.17, 15) is 34.5 Å². The van der Waals surface area contributed by atoms with Crippen LogP contribution in [0.4, 0.5) is 5.69 Å². The Bertz CT molecular complexity index is 1490. The summed E-state index contributed by atoms with van der Waals surface area (Å²) in [7, 11) is 0. The Kier molecular flexibility index (Phi) is 7.98. The predicted octanol–water partition coefficient (Wildman–Crippen LogP) is -1.87. The number of carbonyl (C=O) groups excluding carboxylic acids is 2. The molecule has 2 heterocycles. The van der Waals surface area contributed by atoms with Gasteiger partial charge in [0, 0.05) is 0 Å². The first kappa shape index (κ1) is 27.3. The van der Waals surface area contributed by atoms with E-state index in [1.165, 1.54) is 4.57 Å². The van der Waals surface area contributed by atoms with Gasteiger partial charge in [0.1, 0.15) is 23.8 Å². The van der Waals surface area contributed by atoms with Crippen molar-refractivity contribution in [2.45, 2.75) is 38.7 Å². The lowest BCUT2D eigenvalue weighted by atomic mass is 10.0. The number of fused-ring (bicyclic) bond motifs is 2. The highest BCUT2D eigenvalue weighted by atomic mass is 16.4. The summed E-state index contributed by atoms with van der Waals surface area (Å²) in [6.45, 7) is 8.75. The summed E-state index contributed by atoms with van der Waals surface area (Å²) in [4.78, 5) is 58.0. The molecule has 14 heteroatoms. The molecule has 3 atom stereocenters. The molecule has 2 aliphatic heterocycles. The van der Waals surface area contributed by atoms with Gasteiger partial charge >= 0.3 is 11.2 Å². The van der Waals surface area contributed by atoms with Gasteiger partial charge in [-0.05, 0) is 43.2 Å². The van der Waals surface area contributed by atoms with E-state index < -0.39 is 60.2 Å². The maximum Gasteiger partial charge on any atom is 0.371 e. The molecule has 2 amide bonds. The van der Waals surface area contributed by atoms with Crippen molar-refractivity contribution < 1.29 is 30.0 Å². The first-order valence-electron chi connectivity index (χ1n) is 10.9. The highest BCUT2D eigenvalue weighted by Crippen LogP contribution is 2.32. The Morgan fingerprint density at radius 3 is 2.32 bits per heavy atom. The van der Waals surface area contributed by atoms with Crippen LogP contribution in [-0.4, -0.2) is 76.4 Å². The van der Waals surface area contributed by atoms with Gasteiger partial charge in [0.2, 0.25) is 5.91 Å². The number of nitrogens with zero attached hydrogens (tertiary/aromatic N) is 4. The second kappa shape index (κ2) is 10.8. The van der Waals surface area contributed by atoms with Crippen LogP contribution >= 0.6 is 0 Å². The number of aliphatic hydroxyl groups is 4. The van der Waals surface area contributed by atoms with Gasteiger partial charge in [-0.25, -0.2) is 9.78 Å². The zero-order chi connectivity index (χ0) is 27.6. The van der Waals surface area contributed by atoms with Crippen LogP contribution in [0.5, 0.6) is 0 Å². The highest BCUT2D eigenvalue weighted by Gasteiger charge is 2.29. The van der Waals surface area contributed by atoms with Gasteiger partial charge < -0.3 is 30.3 Å². The first-order chi connectivity index (χ1) is 17.4. The fourth-order valence-electron chi connectivity index (χ4n) is 3.62. The standard InChI is InChI=1S/C23H26N6O8/c1-5-15(33)24-17-11(4)10(3)7-12-18(17)25-19-21(28(12)8-13(31)20(35)14(32)9-30)26-23(37)29(22(19)36)27-16(34)6-2/h5-7,13-14,20,30-32,35H,1-2,8-9H2,3-4H3,(H,24,33)(H,27,34). The van der Waals surface area contributed by atoms with Gasteiger partial charge in [0.05, 0.1) is 24.4 Å². The first-order valence-corrected chi connectivity index (χ1v) is 10.9. The highest BCUT2D eigenvalue weighted by molar-refractivity contribution is 6.06. The molecule has 196 valence electrons. The molecule has 0 fully saturated rings. The lowest BCUT2D eigenvalue weighted by Crippen LogP contribution is -2.46. The third-order valence-corrected chi connectivity index (χ3v) is 5.77. The average molecular weight is 514 g/mol. The Morgan fingerprint density at radius 1 is 1.08 bits per heavy atom. The summed E-state index contributed by atoms with van der Waals surface area (Å²) in [6.07, 6.45) is -3.32. The summed E-state index contributed by atoms with van der Waals surface area (Å²) in [5, 5.41) is 42.4. The molecule has 0 spiro atoms. The molecule has 2 aliphatic rings. The average Bonchev–Trinajstić information content (AvgIpc) is 2.88. The molecule has 0 radical (unpaired) electrons. The Morgan fingerprint density at radius 2 is 1.73 bits per heavy atom. The second-order valence-electron chi connectivity index (χ2n) is 8.17. The Labute approximate surface area is 209 Å². The van der Waals surface area contributed by atoms with Crippen molar-refractivity contribution in [3.63, 3.8) is 0 Å². The van der Waals surface area contributed by atoms with Crippen molar-refractivity contribution in [2.24, 2.45) is 0 Å². The van der Waals surface area contributed by atoms with Crippen LogP contribution in [0, 0.1) is 13.8 Å². The van der Waals surface area contributed by atoms with Gasteiger partial charge in [-0.3, -0.25) is 19.8 Å². The molecular formula is C23H26N6O8. The number of aryl methyl sites for hydroxylation is 1. The second-order valence-corrected chi connectivity index (χ2v) is 8.17. The minimum atomic E-state index is -1.80. The van der Waals surface area contributed by atoms with Crippen LogP contribution in [0.15, 0.2) is 41.0 Å². The lowest BCUT2D eigenvalue weighted by molar-refractivity contribution is -0.113. The molecule has 37 heavy (non-hydrogen) atoms. The largest absolute Gasteiger partial charge is 0.394 e. The van der Waals surface area contributed by atoms with E-state index in [0.717, 1.165) is 12.2 Å². The molecule has 0 bridgehead atoms. The number of hydrogen-bond acceptors (Lipinski definition) is 10. The molecule has 3 unspecified atom stereocenters. The number of aromatic nitrogens is 4. The molecule has 6 N–H and O–H groups in total. The molecule has 0 aliphatic carbocycles. The van der Waals surface area contributed by atoms with Crippen LogP contribution in [0.3, 0.4) is 0 Å². The van der Waals surface area contributed by atoms with E-state index in [2.05, 4.69) is 28.4 Å². The molecule has 1 aromatic rings. The quantitative estimate of drug-likeness (QED) is 0.138. The third kappa shape index (κ3) is 5.17. The molecule has 14 nitrogen and oxygen atoms in total. The van der Waals surface area contributed by atoms with Crippen LogP contribution in [0.25, 0.3) is 22.6 Å². The molecular weight excluding hydrogens is 488 g/mol. The topological polar surface area (TPSA) is 209 Å². The molecule has 0 saturated heterocycles. The Hall–Kier alpha value is -4.24. The van der Waals surface area contributed by atoms with Crippen LogP contribution in [-0.2, 0) is 16.1 Å². The summed E-state index contributed by atoms with van der Waals surface area (Å²) in [6, 6.07) is 1.61. The third-order valence-electron chi connectivity index (χ3n) is 5.77. The van der Waals surface area contributed by atoms with Crippen molar-refractivity contribution >= 4 is 28.5 Å². The number of amides is 2. The summed E-state index contributed by atoms with van der Waals surface area (Å²) < 4.78 is 1.55. The summed E-state index contributed by atoms with van der Waals surface area (Å²) in [5.41, 5.74) is 1.10. The fourth-order valence-corrected chi connectivity index (χ4v) is 3.62. The normalized spacial score (nSPS) is 13.7. The maximum atomic E-state index is 13.2. The SMILES string of the molecule is C=CC(=O)Nc1c(C)c(C)cc2c1nc1c(=O)n(NC(=O)C=C)c(=O)nc-1n2CC(O)C(O)C(O)CO. The number of nitrogens with one attached hydrogen (secondary N) is 2. The number of anilines is 1. The van der Waals surface area contributed by atoms with Gasteiger partial charge in [0.15, 0.2) is 11.5 Å². The molecule has 0 saturated carbocycles. The van der Waals surface area contributed by atoms with Gasteiger partial charge in [-0.2, -0.15) is 9.66 Å². The van der Waals surface area contributed by atoms with Crippen molar-refractivity contribution in [1.29, 1.82) is 0 Å². The van der Waals surface area contributed by atoms with Crippen LogP contribution < -0.4 is 22.0 Å². The summed E-state index contributed by atoms with van der Waals surface area (Å²) in [5.74, 6) is -1.75. The van der Waals surface area contributed by atoms with Gasteiger partial charge in [0.25, 0.3) is 5.91 Å². The van der Waals surface area contributed by atoms with Gasteiger partial charge in [-0.1, -0.05) is 13.2 Å². The fraction of sp³-hybridized carbons (Fsp3) is 0.304. The number of carbonyl (C=O) groups is 2. The predicted molar refractivity (Wildman–Crippen MR) is 133 cm³/mol. The number of rotatable bonds is 9. The minimum absolute atomic E-state index is 0.0642. The molecule has 3 rings (SSSR count). The molecule has 0 aromatic heterocycles. The zero-order valence-electron chi connectivity index (χ0n) is 20.0. The number of hydrogen-bond donors (Lipinski definition) is 6. The molecule has 1 aromatic carbocycles.